The highest BCUT2D eigenvalue weighted by atomic mass is 19.1. The number of hydrazine groups is 1. The molecule has 0 aromatic heterocycles. The number of hydrogen-bond acceptors (Lipinski definition) is 5. The van der Waals surface area contributed by atoms with Gasteiger partial charge in [0.25, 0.3) is 11.8 Å². The van der Waals surface area contributed by atoms with Gasteiger partial charge in [-0.2, -0.15) is 0 Å². The number of nitrogens with one attached hydrogen (secondary N) is 2. The number of fused-ring (bicyclic) bond motifs is 1. The average molecular weight is 374 g/mol. The lowest BCUT2D eigenvalue weighted by molar-refractivity contribution is -0.128. The molecule has 0 radical (unpaired) electrons. The number of para-hydroxylation sites is 1. The maximum absolute atomic E-state index is 13.6. The van der Waals surface area contributed by atoms with Gasteiger partial charge in [0, 0.05) is 12.0 Å². The fourth-order valence-corrected chi connectivity index (χ4v) is 2.38. The molecule has 3 rings (SSSR count). The lowest BCUT2D eigenvalue weighted by atomic mass is 10.2. The Kier molecular flexibility index (Phi) is 5.75. The molecule has 0 bridgehead atoms. The maximum Gasteiger partial charge on any atom is 0.279 e. The van der Waals surface area contributed by atoms with Crippen LogP contribution >= 0.6 is 0 Å². The van der Waals surface area contributed by atoms with Gasteiger partial charge in [-0.15, -0.1) is 0 Å². The highest BCUT2D eigenvalue weighted by Crippen LogP contribution is 2.30. The zero-order valence-corrected chi connectivity index (χ0v) is 14.7. The summed E-state index contributed by atoms with van der Waals surface area (Å²) in [6.07, 6.45) is -0.252. The van der Waals surface area contributed by atoms with Crippen molar-refractivity contribution in [3.05, 3.63) is 53.8 Å². The fourth-order valence-electron chi connectivity index (χ4n) is 2.38. The van der Waals surface area contributed by atoms with Gasteiger partial charge in [0.2, 0.25) is 0 Å². The van der Waals surface area contributed by atoms with Crippen molar-refractivity contribution in [1.29, 1.82) is 0 Å². The van der Waals surface area contributed by atoms with E-state index >= 15 is 0 Å². The van der Waals surface area contributed by atoms with Crippen LogP contribution in [0.2, 0.25) is 0 Å². The molecule has 27 heavy (non-hydrogen) atoms. The van der Waals surface area contributed by atoms with Gasteiger partial charge in [-0.05, 0) is 37.3 Å². The topological polar surface area (TPSA) is 85.9 Å². The molecule has 7 nitrogen and oxygen atoms in total. The summed E-state index contributed by atoms with van der Waals surface area (Å²) >= 11 is 0. The monoisotopic (exact) mass is 374 g/mol. The van der Waals surface area contributed by atoms with Crippen molar-refractivity contribution in [2.75, 3.05) is 13.2 Å². The second kappa shape index (κ2) is 8.39. The van der Waals surface area contributed by atoms with Crippen molar-refractivity contribution in [2.24, 2.45) is 0 Å². The molecule has 1 aliphatic heterocycles. The number of carbonyl (C=O) groups is 2. The molecule has 0 spiro atoms. The Balaban J connectivity index is 1.56. The van der Waals surface area contributed by atoms with Crippen molar-refractivity contribution in [3.8, 4) is 17.2 Å². The second-order valence-electron chi connectivity index (χ2n) is 5.85. The lowest BCUT2D eigenvalue weighted by Gasteiger charge is -2.15. The molecule has 0 saturated heterocycles. The van der Waals surface area contributed by atoms with Crippen LogP contribution in [-0.2, 0) is 4.79 Å². The van der Waals surface area contributed by atoms with Gasteiger partial charge in [0.05, 0.1) is 13.2 Å². The first-order valence-electron chi connectivity index (χ1n) is 8.45. The largest absolute Gasteiger partial charge is 0.490 e. The van der Waals surface area contributed by atoms with E-state index in [0.29, 0.717) is 30.3 Å². The summed E-state index contributed by atoms with van der Waals surface area (Å²) in [5.41, 5.74) is 4.84. The third-order valence-electron chi connectivity index (χ3n) is 3.82. The van der Waals surface area contributed by atoms with Crippen LogP contribution < -0.4 is 25.1 Å². The van der Waals surface area contributed by atoms with Crippen molar-refractivity contribution in [2.45, 2.75) is 19.4 Å². The Bertz CT molecular complexity index is 843. The van der Waals surface area contributed by atoms with Crippen LogP contribution in [0.3, 0.4) is 0 Å². The van der Waals surface area contributed by atoms with E-state index < -0.39 is 23.7 Å². The molecule has 2 N–H and O–H groups in total. The van der Waals surface area contributed by atoms with E-state index in [-0.39, 0.29) is 5.75 Å². The Morgan fingerprint density at radius 3 is 2.59 bits per heavy atom. The van der Waals surface area contributed by atoms with Gasteiger partial charge in [-0.25, -0.2) is 4.39 Å². The van der Waals surface area contributed by atoms with E-state index in [1.54, 1.807) is 24.3 Å². The van der Waals surface area contributed by atoms with Crippen molar-refractivity contribution in [3.63, 3.8) is 0 Å². The Morgan fingerprint density at radius 1 is 1.07 bits per heavy atom. The van der Waals surface area contributed by atoms with Gasteiger partial charge >= 0.3 is 0 Å². The minimum Gasteiger partial charge on any atom is -0.490 e. The molecule has 1 atom stereocenters. The summed E-state index contributed by atoms with van der Waals surface area (Å²) in [7, 11) is 0. The molecule has 2 aromatic rings. The first kappa shape index (κ1) is 18.5. The van der Waals surface area contributed by atoms with E-state index in [1.165, 1.54) is 25.1 Å². The second-order valence-corrected chi connectivity index (χ2v) is 5.85. The summed E-state index contributed by atoms with van der Waals surface area (Å²) < 4.78 is 29.9. The summed E-state index contributed by atoms with van der Waals surface area (Å²) in [5, 5.41) is 0. The maximum atomic E-state index is 13.6. The summed E-state index contributed by atoms with van der Waals surface area (Å²) in [4.78, 5) is 24.3. The van der Waals surface area contributed by atoms with Crippen LogP contribution in [0.4, 0.5) is 4.39 Å². The number of rotatable bonds is 4. The molecule has 142 valence electrons. The quantitative estimate of drug-likeness (QED) is 0.802. The fraction of sp³-hybridized carbons (Fsp3) is 0.263. The molecular weight excluding hydrogens is 355 g/mol. The summed E-state index contributed by atoms with van der Waals surface area (Å²) in [6, 6.07) is 10.5. The van der Waals surface area contributed by atoms with Gasteiger partial charge in [-0.3, -0.25) is 20.4 Å². The van der Waals surface area contributed by atoms with Crippen LogP contribution in [-0.4, -0.2) is 31.1 Å². The normalized spacial score (nSPS) is 13.9. The zero-order valence-electron chi connectivity index (χ0n) is 14.7. The van der Waals surface area contributed by atoms with Crippen LogP contribution in [0.25, 0.3) is 0 Å². The SMILES string of the molecule is CC(Oc1ccccc1F)C(=O)NNC(=O)c1ccc2c(c1)OCCCO2. The van der Waals surface area contributed by atoms with Gasteiger partial charge in [0.1, 0.15) is 0 Å². The Morgan fingerprint density at radius 2 is 1.81 bits per heavy atom. The number of amides is 2. The van der Waals surface area contributed by atoms with Crippen molar-refractivity contribution >= 4 is 11.8 Å². The molecule has 0 aliphatic carbocycles. The molecule has 1 heterocycles. The molecule has 0 fully saturated rings. The van der Waals surface area contributed by atoms with E-state index in [4.69, 9.17) is 14.2 Å². The zero-order chi connectivity index (χ0) is 19.2. The summed E-state index contributed by atoms with van der Waals surface area (Å²) in [6.45, 7) is 2.50. The lowest BCUT2D eigenvalue weighted by Crippen LogP contribution is -2.47. The molecule has 0 saturated carbocycles. The highest BCUT2D eigenvalue weighted by Gasteiger charge is 2.18. The highest BCUT2D eigenvalue weighted by molar-refractivity contribution is 5.96. The Labute approximate surface area is 155 Å². The van der Waals surface area contributed by atoms with Gasteiger partial charge < -0.3 is 14.2 Å². The molecule has 8 heteroatoms. The minimum atomic E-state index is -1.01. The predicted molar refractivity (Wildman–Crippen MR) is 94.1 cm³/mol. The number of benzene rings is 2. The van der Waals surface area contributed by atoms with Crippen molar-refractivity contribution < 1.29 is 28.2 Å². The minimum absolute atomic E-state index is 0.0469. The summed E-state index contributed by atoms with van der Waals surface area (Å²) in [5.74, 6) is -0.733. The number of carbonyl (C=O) groups excluding carboxylic acids is 2. The van der Waals surface area contributed by atoms with E-state index in [2.05, 4.69) is 10.9 Å². The van der Waals surface area contributed by atoms with Gasteiger partial charge in [-0.1, -0.05) is 12.1 Å². The van der Waals surface area contributed by atoms with Crippen LogP contribution in [0.1, 0.15) is 23.7 Å². The first-order valence-corrected chi connectivity index (χ1v) is 8.45. The third-order valence-corrected chi connectivity index (χ3v) is 3.82. The molecule has 2 amide bonds. The Hall–Kier alpha value is -3.29. The average Bonchev–Trinajstić information content (AvgIpc) is 2.92. The van der Waals surface area contributed by atoms with Gasteiger partial charge in [0.15, 0.2) is 29.2 Å². The molecule has 2 aromatic carbocycles. The smallest absolute Gasteiger partial charge is 0.279 e. The first-order chi connectivity index (χ1) is 13.0. The third kappa shape index (κ3) is 4.66. The van der Waals surface area contributed by atoms with E-state index in [9.17, 15) is 14.0 Å². The van der Waals surface area contributed by atoms with Crippen LogP contribution in [0.15, 0.2) is 42.5 Å². The van der Waals surface area contributed by atoms with E-state index in [1.807, 2.05) is 0 Å². The number of hydrogen-bond donors (Lipinski definition) is 2. The van der Waals surface area contributed by atoms with Crippen molar-refractivity contribution in [1.82, 2.24) is 10.9 Å². The van der Waals surface area contributed by atoms with Crippen LogP contribution in [0, 0.1) is 5.82 Å². The van der Waals surface area contributed by atoms with E-state index in [0.717, 1.165) is 6.42 Å². The van der Waals surface area contributed by atoms with Crippen LogP contribution in [0.5, 0.6) is 17.2 Å². The predicted octanol–water partition coefficient (Wildman–Crippen LogP) is 2.22. The standard InChI is InChI=1S/C19H19FN2O5/c1-12(27-15-6-3-2-5-14(15)20)18(23)21-22-19(24)13-7-8-16-17(11-13)26-10-4-9-25-16/h2-3,5-8,11-12H,4,9-10H2,1H3,(H,21,23)(H,22,24). The number of ether oxygens (including phenoxy) is 3. The number of halogens is 1. The molecular formula is C19H19FN2O5. The molecule has 1 unspecified atom stereocenters. The molecule has 1 aliphatic rings.